The van der Waals surface area contributed by atoms with Gasteiger partial charge in [-0.05, 0) is 0 Å². The van der Waals surface area contributed by atoms with Crippen LogP contribution in [-0.2, 0) is 4.79 Å². The van der Waals surface area contributed by atoms with Crippen molar-refractivity contribution in [3.05, 3.63) is 12.1 Å². The van der Waals surface area contributed by atoms with E-state index in [1.54, 1.807) is 0 Å². The lowest BCUT2D eigenvalue weighted by Crippen LogP contribution is -2.19. The van der Waals surface area contributed by atoms with E-state index in [1.165, 1.54) is 0 Å². The first-order chi connectivity index (χ1) is 6.54. The highest BCUT2D eigenvalue weighted by Gasteiger charge is 2.14. The predicted octanol–water partition coefficient (Wildman–Crippen LogP) is -0.333. The number of benzene rings is 1. The highest BCUT2D eigenvalue weighted by Crippen LogP contribution is 2.39. The Hall–Kier alpha value is -1.95. The first-order valence-corrected chi connectivity index (χ1v) is 3.70. The van der Waals surface area contributed by atoms with Gasteiger partial charge in [-0.15, -0.1) is 0 Å². The summed E-state index contributed by atoms with van der Waals surface area (Å²) in [6.45, 7) is -0.375. The fourth-order valence-electron chi connectivity index (χ4n) is 0.844. The van der Waals surface area contributed by atoms with Crippen molar-refractivity contribution in [3.8, 4) is 23.0 Å². The van der Waals surface area contributed by atoms with E-state index in [1.807, 2.05) is 0 Å². The molecule has 0 aliphatic rings. The number of ether oxygens (including phenoxy) is 1. The van der Waals surface area contributed by atoms with E-state index in [0.717, 1.165) is 12.1 Å². The van der Waals surface area contributed by atoms with Gasteiger partial charge in [-0.3, -0.25) is 4.79 Å². The molecule has 6 heteroatoms. The highest BCUT2D eigenvalue weighted by molar-refractivity contribution is 5.76. The molecule has 1 rings (SSSR count). The maximum atomic E-state index is 10.7. The average molecular weight is 199 g/mol. The van der Waals surface area contributed by atoms with Crippen LogP contribution in [0.1, 0.15) is 0 Å². The van der Waals surface area contributed by atoms with Crippen LogP contribution in [0.5, 0.6) is 23.0 Å². The van der Waals surface area contributed by atoms with Crippen molar-refractivity contribution in [2.45, 2.75) is 0 Å². The molecule has 0 heterocycles. The van der Waals surface area contributed by atoms with Crippen molar-refractivity contribution in [3.63, 3.8) is 0 Å². The van der Waals surface area contributed by atoms with E-state index < -0.39 is 23.2 Å². The Kier molecular flexibility index (Phi) is 2.78. The summed E-state index contributed by atoms with van der Waals surface area (Å²) >= 11 is 0. The number of rotatable bonds is 2. The van der Waals surface area contributed by atoms with E-state index in [0.29, 0.717) is 0 Å². The van der Waals surface area contributed by atoms with Gasteiger partial charge in [-0.2, -0.15) is 0 Å². The van der Waals surface area contributed by atoms with Gasteiger partial charge >= 0.3 is 5.97 Å². The quantitative estimate of drug-likeness (QED) is 0.383. The van der Waals surface area contributed by atoms with Gasteiger partial charge in [0.05, 0.1) is 6.54 Å². The van der Waals surface area contributed by atoms with Crippen molar-refractivity contribution in [2.75, 3.05) is 6.54 Å². The summed E-state index contributed by atoms with van der Waals surface area (Å²) in [5.74, 6) is -2.64. The van der Waals surface area contributed by atoms with Crippen molar-refractivity contribution in [2.24, 2.45) is 5.73 Å². The summed E-state index contributed by atoms with van der Waals surface area (Å²) in [5.41, 5.74) is 4.96. The van der Waals surface area contributed by atoms with Crippen LogP contribution in [0, 0.1) is 0 Å². The summed E-state index contributed by atoms with van der Waals surface area (Å²) in [6, 6.07) is 1.86. The summed E-state index contributed by atoms with van der Waals surface area (Å²) in [7, 11) is 0. The number of aromatic hydroxyl groups is 3. The molecule has 0 saturated heterocycles. The van der Waals surface area contributed by atoms with Crippen LogP contribution in [0.3, 0.4) is 0 Å². The molecule has 0 aliphatic heterocycles. The van der Waals surface area contributed by atoms with E-state index in [2.05, 4.69) is 4.74 Å². The summed E-state index contributed by atoms with van der Waals surface area (Å²) in [6.07, 6.45) is 0. The van der Waals surface area contributed by atoms with Gasteiger partial charge in [0.2, 0.25) is 5.75 Å². The van der Waals surface area contributed by atoms with Crippen molar-refractivity contribution >= 4 is 5.97 Å². The topological polar surface area (TPSA) is 113 Å². The second-order valence-corrected chi connectivity index (χ2v) is 2.49. The Bertz CT molecular complexity index is 340. The number of carbonyl (C=O) groups is 1. The second kappa shape index (κ2) is 3.84. The Balaban J connectivity index is 3.02. The summed E-state index contributed by atoms with van der Waals surface area (Å²) in [5, 5.41) is 27.3. The molecule has 76 valence electrons. The minimum Gasteiger partial charge on any atom is -0.508 e. The van der Waals surface area contributed by atoms with Gasteiger partial charge in [0.15, 0.2) is 11.5 Å². The maximum absolute atomic E-state index is 10.7. The molecule has 1 aromatic rings. The molecule has 0 fully saturated rings. The number of hydrogen-bond acceptors (Lipinski definition) is 6. The first-order valence-electron chi connectivity index (χ1n) is 3.70. The SMILES string of the molecule is NCC(=O)Oc1c(O)cc(O)cc1O. The number of esters is 1. The highest BCUT2D eigenvalue weighted by atomic mass is 16.5. The lowest BCUT2D eigenvalue weighted by Gasteiger charge is -2.07. The average Bonchev–Trinajstić information content (AvgIpc) is 2.10. The third kappa shape index (κ3) is 2.05. The second-order valence-electron chi connectivity index (χ2n) is 2.49. The molecule has 0 atom stereocenters. The molecule has 0 bridgehead atoms. The van der Waals surface area contributed by atoms with Crippen LogP contribution in [0.25, 0.3) is 0 Å². The zero-order chi connectivity index (χ0) is 10.7. The minimum atomic E-state index is -0.804. The number of hydrogen-bond donors (Lipinski definition) is 4. The van der Waals surface area contributed by atoms with Crippen LogP contribution >= 0.6 is 0 Å². The van der Waals surface area contributed by atoms with Crippen molar-refractivity contribution < 1.29 is 24.9 Å². The molecule has 14 heavy (non-hydrogen) atoms. The van der Waals surface area contributed by atoms with Gasteiger partial charge in [-0.1, -0.05) is 0 Å². The van der Waals surface area contributed by atoms with Gasteiger partial charge < -0.3 is 25.8 Å². The molecule has 0 saturated carbocycles. The molecular weight excluding hydrogens is 190 g/mol. The number of nitrogens with two attached hydrogens (primary N) is 1. The van der Waals surface area contributed by atoms with E-state index in [-0.39, 0.29) is 12.3 Å². The van der Waals surface area contributed by atoms with Crippen LogP contribution in [0.2, 0.25) is 0 Å². The standard InChI is InChI=1S/C8H9NO5/c9-3-7(13)14-8-5(11)1-4(10)2-6(8)12/h1-2,10-12H,3,9H2. The van der Waals surface area contributed by atoms with Crippen LogP contribution in [0.4, 0.5) is 0 Å². The van der Waals surface area contributed by atoms with Crippen molar-refractivity contribution in [1.82, 2.24) is 0 Å². The third-order valence-electron chi connectivity index (χ3n) is 1.42. The van der Waals surface area contributed by atoms with E-state index in [4.69, 9.17) is 10.8 Å². The van der Waals surface area contributed by atoms with E-state index in [9.17, 15) is 15.0 Å². The molecule has 0 aromatic heterocycles. The third-order valence-corrected chi connectivity index (χ3v) is 1.42. The van der Waals surface area contributed by atoms with Crippen molar-refractivity contribution in [1.29, 1.82) is 0 Å². The molecule has 0 radical (unpaired) electrons. The smallest absolute Gasteiger partial charge is 0.325 e. The molecule has 0 unspecified atom stereocenters. The van der Waals surface area contributed by atoms with Crippen LogP contribution in [0.15, 0.2) is 12.1 Å². The fourth-order valence-corrected chi connectivity index (χ4v) is 0.844. The lowest BCUT2D eigenvalue weighted by molar-refractivity contribution is -0.133. The Morgan fingerprint density at radius 1 is 1.29 bits per heavy atom. The largest absolute Gasteiger partial charge is 0.508 e. The summed E-state index contributed by atoms with van der Waals surface area (Å²) in [4.78, 5) is 10.7. The number of phenolic OH excluding ortho intramolecular Hbond substituents is 3. The van der Waals surface area contributed by atoms with E-state index >= 15 is 0 Å². The van der Waals surface area contributed by atoms with Gasteiger partial charge in [-0.25, -0.2) is 0 Å². The Labute approximate surface area is 79.2 Å². The molecular formula is C8H9NO5. The normalized spacial score (nSPS) is 9.79. The Morgan fingerprint density at radius 3 is 2.21 bits per heavy atom. The summed E-state index contributed by atoms with van der Waals surface area (Å²) < 4.78 is 4.51. The number of carbonyl (C=O) groups excluding carboxylic acids is 1. The Morgan fingerprint density at radius 2 is 1.79 bits per heavy atom. The van der Waals surface area contributed by atoms with Gasteiger partial charge in [0.1, 0.15) is 5.75 Å². The molecule has 6 nitrogen and oxygen atoms in total. The molecule has 5 N–H and O–H groups in total. The lowest BCUT2D eigenvalue weighted by atomic mass is 10.3. The zero-order valence-electron chi connectivity index (χ0n) is 7.10. The minimum absolute atomic E-state index is 0.340. The monoisotopic (exact) mass is 199 g/mol. The molecule has 0 aliphatic carbocycles. The van der Waals surface area contributed by atoms with Gasteiger partial charge in [0.25, 0.3) is 0 Å². The predicted molar refractivity (Wildman–Crippen MR) is 46.1 cm³/mol. The fraction of sp³-hybridized carbons (Fsp3) is 0.125. The number of phenols is 3. The van der Waals surface area contributed by atoms with Crippen LogP contribution in [-0.4, -0.2) is 27.8 Å². The molecule has 0 amide bonds. The van der Waals surface area contributed by atoms with Crippen LogP contribution < -0.4 is 10.5 Å². The zero-order valence-corrected chi connectivity index (χ0v) is 7.10. The van der Waals surface area contributed by atoms with Gasteiger partial charge in [0, 0.05) is 12.1 Å². The molecule has 0 spiro atoms. The maximum Gasteiger partial charge on any atom is 0.325 e. The first kappa shape index (κ1) is 10.1. The molecule has 1 aromatic carbocycles.